The first kappa shape index (κ1) is 8.11. The maximum atomic E-state index is 5.53. The van der Waals surface area contributed by atoms with E-state index in [1.165, 1.54) is 6.42 Å². The third-order valence-electron chi connectivity index (χ3n) is 1.65. The van der Waals surface area contributed by atoms with E-state index in [4.69, 9.17) is 5.73 Å². The summed E-state index contributed by atoms with van der Waals surface area (Å²) in [5.74, 6) is 0.743. The van der Waals surface area contributed by atoms with E-state index >= 15 is 0 Å². The molecule has 62 valence electrons. The Balaban J connectivity index is 2.39. The molecule has 3 nitrogen and oxygen atoms in total. The van der Waals surface area contributed by atoms with E-state index in [9.17, 15) is 0 Å². The predicted molar refractivity (Wildman–Crippen MR) is 44.9 cm³/mol. The van der Waals surface area contributed by atoms with Gasteiger partial charge in [0.15, 0.2) is 6.54 Å². The maximum absolute atomic E-state index is 5.53. The van der Waals surface area contributed by atoms with Crippen LogP contribution >= 0.6 is 0 Å². The highest BCUT2D eigenvalue weighted by molar-refractivity contribution is 5.27. The van der Waals surface area contributed by atoms with E-state index in [2.05, 4.69) is 18.9 Å². The molecule has 0 radical (unpaired) electrons. The van der Waals surface area contributed by atoms with Crippen LogP contribution in [0.4, 0.5) is 5.69 Å². The van der Waals surface area contributed by atoms with Gasteiger partial charge in [0.1, 0.15) is 5.69 Å². The molecule has 11 heavy (non-hydrogen) atoms. The third-order valence-corrected chi connectivity index (χ3v) is 1.65. The minimum atomic E-state index is 0.743. The Hall–Kier alpha value is -0.990. The number of nitrogens with zero attached hydrogens (tertiary/aromatic N) is 1. The number of aromatic nitrogens is 2. The number of nitrogens with one attached hydrogen (secondary N) is 1. The molecule has 0 unspecified atom stereocenters. The molecule has 0 spiro atoms. The number of anilines is 1. The SMILES string of the molecule is CC(C)CC[n+]1cc(N)c[nH]1. The molecule has 1 aromatic heterocycles. The average molecular weight is 154 g/mol. The molecule has 0 atom stereocenters. The summed E-state index contributed by atoms with van der Waals surface area (Å²) in [5, 5.41) is 3.05. The van der Waals surface area contributed by atoms with Crippen LogP contribution in [0.3, 0.4) is 0 Å². The lowest BCUT2D eigenvalue weighted by Gasteiger charge is -1.96. The molecule has 0 fully saturated rings. The Bertz CT molecular complexity index is 215. The molecule has 3 heteroatoms. The van der Waals surface area contributed by atoms with E-state index < -0.39 is 0 Å². The van der Waals surface area contributed by atoms with Gasteiger partial charge in [-0.2, -0.15) is 5.10 Å². The normalized spacial score (nSPS) is 10.8. The van der Waals surface area contributed by atoms with Gasteiger partial charge in [-0.05, 0) is 5.92 Å². The van der Waals surface area contributed by atoms with Crippen LogP contribution in [0, 0.1) is 5.92 Å². The van der Waals surface area contributed by atoms with Crippen molar-refractivity contribution in [2.24, 2.45) is 5.92 Å². The molecule has 0 saturated carbocycles. The van der Waals surface area contributed by atoms with Crippen LogP contribution in [0.2, 0.25) is 0 Å². The van der Waals surface area contributed by atoms with Crippen LogP contribution in [-0.2, 0) is 6.54 Å². The number of hydrogen-bond acceptors (Lipinski definition) is 1. The van der Waals surface area contributed by atoms with Crippen molar-refractivity contribution in [1.82, 2.24) is 5.10 Å². The first-order valence-electron chi connectivity index (χ1n) is 4.02. The molecule has 0 aliphatic rings. The van der Waals surface area contributed by atoms with Gasteiger partial charge in [-0.15, -0.1) is 4.68 Å². The van der Waals surface area contributed by atoms with Crippen LogP contribution in [0.25, 0.3) is 0 Å². The molecular formula is C8H16N3+. The van der Waals surface area contributed by atoms with E-state index in [1.807, 2.05) is 10.9 Å². The van der Waals surface area contributed by atoms with E-state index in [-0.39, 0.29) is 0 Å². The highest BCUT2D eigenvalue weighted by atomic mass is 15.3. The summed E-state index contributed by atoms with van der Waals surface area (Å²) < 4.78 is 2.01. The fourth-order valence-corrected chi connectivity index (χ4v) is 0.938. The predicted octanol–water partition coefficient (Wildman–Crippen LogP) is 0.931. The minimum absolute atomic E-state index is 0.743. The highest BCUT2D eigenvalue weighted by Crippen LogP contribution is 1.98. The van der Waals surface area contributed by atoms with Crippen molar-refractivity contribution >= 4 is 5.69 Å². The van der Waals surface area contributed by atoms with Gasteiger partial charge < -0.3 is 5.73 Å². The number of aryl methyl sites for hydroxylation is 1. The Morgan fingerprint density at radius 2 is 2.36 bits per heavy atom. The zero-order valence-electron chi connectivity index (χ0n) is 7.17. The van der Waals surface area contributed by atoms with Crippen LogP contribution in [-0.4, -0.2) is 5.10 Å². The van der Waals surface area contributed by atoms with Gasteiger partial charge >= 0.3 is 0 Å². The Morgan fingerprint density at radius 3 is 2.82 bits per heavy atom. The van der Waals surface area contributed by atoms with Crippen LogP contribution < -0.4 is 10.4 Å². The number of nitrogens with two attached hydrogens (primary N) is 1. The van der Waals surface area contributed by atoms with Crippen LogP contribution in [0.15, 0.2) is 12.4 Å². The summed E-state index contributed by atoms with van der Waals surface area (Å²) in [6.07, 6.45) is 4.91. The summed E-state index contributed by atoms with van der Waals surface area (Å²) in [4.78, 5) is 0. The summed E-state index contributed by atoms with van der Waals surface area (Å²) >= 11 is 0. The number of H-pyrrole nitrogens is 1. The van der Waals surface area contributed by atoms with Crippen LogP contribution in [0.5, 0.6) is 0 Å². The minimum Gasteiger partial charge on any atom is -0.392 e. The standard InChI is InChI=1S/C8H15N3/c1-7(2)3-4-11-6-8(9)5-10-11/h5-7H,3-4,9H2,1-2H3/p+1. The molecule has 0 amide bonds. The average Bonchev–Trinajstić information content (AvgIpc) is 2.31. The van der Waals surface area contributed by atoms with E-state index in [1.54, 1.807) is 6.20 Å². The van der Waals surface area contributed by atoms with Crippen molar-refractivity contribution in [1.29, 1.82) is 0 Å². The van der Waals surface area contributed by atoms with Gasteiger partial charge in [0.2, 0.25) is 6.20 Å². The smallest absolute Gasteiger partial charge is 0.218 e. The number of hydrogen-bond donors (Lipinski definition) is 2. The molecule has 0 aliphatic heterocycles. The lowest BCUT2D eigenvalue weighted by atomic mass is 10.1. The second-order valence-electron chi connectivity index (χ2n) is 3.28. The quantitative estimate of drug-likeness (QED) is 0.625. The lowest BCUT2D eigenvalue weighted by molar-refractivity contribution is -0.750. The van der Waals surface area contributed by atoms with Gasteiger partial charge in [0.05, 0.1) is 6.20 Å². The van der Waals surface area contributed by atoms with Crippen molar-refractivity contribution in [2.75, 3.05) is 5.73 Å². The van der Waals surface area contributed by atoms with Crippen molar-refractivity contribution in [3.8, 4) is 0 Å². The molecule has 0 aliphatic carbocycles. The molecule has 0 bridgehead atoms. The fraction of sp³-hybridized carbons (Fsp3) is 0.625. The lowest BCUT2D eigenvalue weighted by Crippen LogP contribution is -2.35. The zero-order chi connectivity index (χ0) is 8.27. The number of rotatable bonds is 3. The second-order valence-corrected chi connectivity index (χ2v) is 3.28. The number of nitrogen functional groups attached to an aromatic ring is 1. The molecule has 0 aromatic carbocycles. The highest BCUT2D eigenvalue weighted by Gasteiger charge is 2.03. The molecule has 0 saturated heterocycles. The first-order chi connectivity index (χ1) is 5.18. The van der Waals surface area contributed by atoms with Crippen molar-refractivity contribution < 1.29 is 4.68 Å². The Kier molecular flexibility index (Phi) is 2.52. The summed E-state index contributed by atoms with van der Waals surface area (Å²) in [7, 11) is 0. The second kappa shape index (κ2) is 3.42. The van der Waals surface area contributed by atoms with Crippen molar-refractivity contribution in [3.05, 3.63) is 12.4 Å². The monoisotopic (exact) mass is 154 g/mol. The van der Waals surface area contributed by atoms with Crippen molar-refractivity contribution in [3.63, 3.8) is 0 Å². The Labute approximate surface area is 67.2 Å². The van der Waals surface area contributed by atoms with Gasteiger partial charge in [-0.1, -0.05) is 13.8 Å². The molecule has 1 rings (SSSR count). The van der Waals surface area contributed by atoms with E-state index in [0.29, 0.717) is 0 Å². The van der Waals surface area contributed by atoms with Gasteiger partial charge in [-0.25, -0.2) is 0 Å². The number of aromatic amines is 1. The van der Waals surface area contributed by atoms with E-state index in [0.717, 1.165) is 18.2 Å². The van der Waals surface area contributed by atoms with Gasteiger partial charge in [-0.3, -0.25) is 0 Å². The fourth-order valence-electron chi connectivity index (χ4n) is 0.938. The third kappa shape index (κ3) is 2.62. The zero-order valence-corrected chi connectivity index (χ0v) is 7.17. The topological polar surface area (TPSA) is 45.7 Å². The first-order valence-corrected chi connectivity index (χ1v) is 4.02. The summed E-state index contributed by atoms with van der Waals surface area (Å²) in [6.45, 7) is 5.45. The molecular weight excluding hydrogens is 138 g/mol. The molecule has 3 N–H and O–H groups in total. The summed E-state index contributed by atoms with van der Waals surface area (Å²) in [5.41, 5.74) is 6.33. The van der Waals surface area contributed by atoms with Gasteiger partial charge in [0, 0.05) is 6.42 Å². The molecule has 1 heterocycles. The summed E-state index contributed by atoms with van der Waals surface area (Å²) in [6, 6.07) is 0. The maximum Gasteiger partial charge on any atom is 0.218 e. The van der Waals surface area contributed by atoms with Gasteiger partial charge in [0.25, 0.3) is 0 Å². The van der Waals surface area contributed by atoms with Crippen LogP contribution in [0.1, 0.15) is 20.3 Å². The largest absolute Gasteiger partial charge is 0.392 e. The van der Waals surface area contributed by atoms with Crippen molar-refractivity contribution in [2.45, 2.75) is 26.8 Å². The Morgan fingerprint density at radius 1 is 1.64 bits per heavy atom. The molecule has 1 aromatic rings.